The van der Waals surface area contributed by atoms with Crippen molar-refractivity contribution in [2.75, 3.05) is 13.2 Å². The van der Waals surface area contributed by atoms with E-state index in [9.17, 15) is 14.4 Å². The lowest BCUT2D eigenvalue weighted by Crippen LogP contribution is -2.44. The maximum Gasteiger partial charge on any atom is 0.323 e. The number of esters is 2. The zero-order chi connectivity index (χ0) is 21.3. The fourth-order valence-corrected chi connectivity index (χ4v) is 3.34. The number of rotatable bonds is 10. The predicted molar refractivity (Wildman–Crippen MR) is 114 cm³/mol. The molecule has 5 nitrogen and oxygen atoms in total. The minimum Gasteiger partial charge on any atom is -0.465 e. The van der Waals surface area contributed by atoms with Gasteiger partial charge in [-0.1, -0.05) is 58.4 Å². The Hall–Kier alpha value is -2.47. The normalized spacial score (nSPS) is 11.0. The van der Waals surface area contributed by atoms with Crippen LogP contribution in [0.2, 0.25) is 0 Å². The SMILES string of the molecule is CCOC(=O)C(CCc1ccccc1)(CC(=O)c1ccc(Br)cc1)C(=O)OCC. The van der Waals surface area contributed by atoms with Crippen LogP contribution < -0.4 is 0 Å². The highest BCUT2D eigenvalue weighted by molar-refractivity contribution is 9.10. The topological polar surface area (TPSA) is 69.7 Å². The number of ketones is 1. The smallest absolute Gasteiger partial charge is 0.323 e. The van der Waals surface area contributed by atoms with E-state index in [-0.39, 0.29) is 31.8 Å². The molecule has 0 heterocycles. The van der Waals surface area contributed by atoms with Crippen molar-refractivity contribution in [3.05, 3.63) is 70.2 Å². The highest BCUT2D eigenvalue weighted by Crippen LogP contribution is 2.34. The Balaban J connectivity index is 2.38. The second kappa shape index (κ2) is 10.9. The average Bonchev–Trinajstić information content (AvgIpc) is 2.72. The van der Waals surface area contributed by atoms with Crippen molar-refractivity contribution in [1.82, 2.24) is 0 Å². The minimum atomic E-state index is -1.69. The third-order valence-corrected chi connectivity index (χ3v) is 5.17. The summed E-state index contributed by atoms with van der Waals surface area (Å²) in [6.45, 7) is 3.55. The van der Waals surface area contributed by atoms with Gasteiger partial charge in [-0.15, -0.1) is 0 Å². The van der Waals surface area contributed by atoms with Crippen LogP contribution in [0.5, 0.6) is 0 Å². The van der Waals surface area contributed by atoms with Crippen LogP contribution in [-0.4, -0.2) is 30.9 Å². The lowest BCUT2D eigenvalue weighted by atomic mass is 9.76. The Morgan fingerprint density at radius 1 is 0.862 bits per heavy atom. The van der Waals surface area contributed by atoms with Gasteiger partial charge in [-0.2, -0.15) is 0 Å². The number of benzene rings is 2. The van der Waals surface area contributed by atoms with Crippen LogP contribution in [0.4, 0.5) is 0 Å². The van der Waals surface area contributed by atoms with Crippen molar-refractivity contribution >= 4 is 33.7 Å². The summed E-state index contributed by atoms with van der Waals surface area (Å²) in [6, 6.07) is 16.3. The monoisotopic (exact) mass is 460 g/mol. The molecule has 0 saturated carbocycles. The van der Waals surface area contributed by atoms with Gasteiger partial charge in [0.2, 0.25) is 0 Å². The molecule has 6 heteroatoms. The molecule has 2 aromatic carbocycles. The molecule has 0 aliphatic rings. The fraction of sp³-hybridized carbons (Fsp3) is 0.348. The molecule has 0 N–H and O–H groups in total. The molecule has 0 amide bonds. The van der Waals surface area contributed by atoms with Gasteiger partial charge in [0, 0.05) is 16.5 Å². The van der Waals surface area contributed by atoms with Crippen molar-refractivity contribution in [2.24, 2.45) is 5.41 Å². The van der Waals surface area contributed by atoms with Crippen molar-refractivity contribution in [1.29, 1.82) is 0 Å². The Labute approximate surface area is 179 Å². The molecule has 29 heavy (non-hydrogen) atoms. The predicted octanol–water partition coefficient (Wildman–Crippen LogP) is 4.77. The van der Waals surface area contributed by atoms with Crippen LogP contribution >= 0.6 is 15.9 Å². The van der Waals surface area contributed by atoms with E-state index in [4.69, 9.17) is 9.47 Å². The van der Waals surface area contributed by atoms with E-state index in [2.05, 4.69) is 15.9 Å². The van der Waals surface area contributed by atoms with Crippen molar-refractivity contribution in [2.45, 2.75) is 33.1 Å². The Morgan fingerprint density at radius 2 is 1.41 bits per heavy atom. The number of ether oxygens (including phenoxy) is 2. The van der Waals surface area contributed by atoms with Crippen LogP contribution in [0.25, 0.3) is 0 Å². The van der Waals surface area contributed by atoms with Crippen LogP contribution in [0.1, 0.15) is 42.6 Å². The average molecular weight is 461 g/mol. The van der Waals surface area contributed by atoms with E-state index in [0.717, 1.165) is 10.0 Å². The summed E-state index contributed by atoms with van der Waals surface area (Å²) in [7, 11) is 0. The molecule has 0 aliphatic carbocycles. The van der Waals surface area contributed by atoms with E-state index in [1.807, 2.05) is 30.3 Å². The Morgan fingerprint density at radius 3 is 1.93 bits per heavy atom. The molecule has 154 valence electrons. The van der Waals surface area contributed by atoms with Gasteiger partial charge in [-0.3, -0.25) is 14.4 Å². The first-order chi connectivity index (χ1) is 13.9. The summed E-state index contributed by atoms with van der Waals surface area (Å²) < 4.78 is 11.3. The molecule has 0 bridgehead atoms. The van der Waals surface area contributed by atoms with Crippen LogP contribution in [0.3, 0.4) is 0 Å². The zero-order valence-electron chi connectivity index (χ0n) is 16.7. The molecule has 2 aromatic rings. The van der Waals surface area contributed by atoms with Gasteiger partial charge in [0.05, 0.1) is 13.2 Å². The lowest BCUT2D eigenvalue weighted by Gasteiger charge is -2.28. The number of carbonyl (C=O) groups is 3. The molecule has 0 aliphatic heterocycles. The fourth-order valence-electron chi connectivity index (χ4n) is 3.07. The van der Waals surface area contributed by atoms with Gasteiger partial charge in [-0.25, -0.2) is 0 Å². The Bertz CT molecular complexity index is 812. The minimum absolute atomic E-state index is 0.109. The molecule has 0 atom stereocenters. The summed E-state index contributed by atoms with van der Waals surface area (Å²) >= 11 is 3.33. The second-order valence-electron chi connectivity index (χ2n) is 6.62. The molecular weight excluding hydrogens is 436 g/mol. The molecule has 0 aromatic heterocycles. The van der Waals surface area contributed by atoms with E-state index in [0.29, 0.717) is 12.0 Å². The summed E-state index contributed by atoms with van der Waals surface area (Å²) in [5.41, 5.74) is -0.307. The highest BCUT2D eigenvalue weighted by Gasteiger charge is 2.50. The number of hydrogen-bond acceptors (Lipinski definition) is 5. The summed E-state index contributed by atoms with van der Waals surface area (Å²) in [6.07, 6.45) is 0.252. The molecular formula is C23H25BrO5. The highest BCUT2D eigenvalue weighted by atomic mass is 79.9. The molecule has 0 spiro atoms. The van der Waals surface area contributed by atoms with Crippen molar-refractivity contribution in [3.63, 3.8) is 0 Å². The Kier molecular flexibility index (Phi) is 8.58. The third kappa shape index (κ3) is 6.00. The van der Waals surface area contributed by atoms with E-state index < -0.39 is 17.4 Å². The first-order valence-electron chi connectivity index (χ1n) is 9.60. The van der Waals surface area contributed by atoms with Crippen molar-refractivity contribution in [3.8, 4) is 0 Å². The molecule has 0 unspecified atom stereocenters. The van der Waals surface area contributed by atoms with Gasteiger partial charge in [0.25, 0.3) is 0 Å². The maximum absolute atomic E-state index is 13.0. The lowest BCUT2D eigenvalue weighted by molar-refractivity contribution is -0.172. The number of aryl methyl sites for hydroxylation is 1. The number of hydrogen-bond donors (Lipinski definition) is 0. The number of carbonyl (C=O) groups excluding carboxylic acids is 3. The van der Waals surface area contributed by atoms with Gasteiger partial charge in [0.15, 0.2) is 11.2 Å². The quantitative estimate of drug-likeness (QED) is 0.290. The van der Waals surface area contributed by atoms with Crippen molar-refractivity contribution < 1.29 is 23.9 Å². The molecule has 0 saturated heterocycles. The van der Waals surface area contributed by atoms with E-state index in [1.165, 1.54) is 0 Å². The number of Topliss-reactive ketones (excluding diaryl/α,β-unsaturated/α-hetero) is 1. The molecule has 0 radical (unpaired) electrons. The van der Waals surface area contributed by atoms with Crippen LogP contribution in [-0.2, 0) is 25.5 Å². The van der Waals surface area contributed by atoms with E-state index in [1.54, 1.807) is 38.1 Å². The first kappa shape index (κ1) is 22.8. The standard InChI is InChI=1S/C23H25BrO5/c1-3-28-21(26)23(22(27)29-4-2,15-14-17-8-6-5-7-9-17)16-20(25)18-10-12-19(24)13-11-18/h5-13H,3-4,14-16H2,1-2H3. The van der Waals surface area contributed by atoms with Crippen LogP contribution in [0, 0.1) is 5.41 Å². The zero-order valence-corrected chi connectivity index (χ0v) is 18.2. The van der Waals surface area contributed by atoms with Gasteiger partial charge in [0.1, 0.15) is 0 Å². The van der Waals surface area contributed by atoms with Gasteiger partial charge < -0.3 is 9.47 Å². The third-order valence-electron chi connectivity index (χ3n) is 4.64. The molecule has 0 fully saturated rings. The largest absolute Gasteiger partial charge is 0.465 e. The van der Waals surface area contributed by atoms with Gasteiger partial charge in [-0.05, 0) is 44.4 Å². The van der Waals surface area contributed by atoms with Crippen LogP contribution in [0.15, 0.2) is 59.1 Å². The molecule has 2 rings (SSSR count). The summed E-state index contributed by atoms with van der Waals surface area (Å²) in [5.74, 6) is -1.76. The number of halogens is 1. The summed E-state index contributed by atoms with van der Waals surface area (Å²) in [5, 5.41) is 0. The summed E-state index contributed by atoms with van der Waals surface area (Å²) in [4.78, 5) is 38.9. The maximum atomic E-state index is 13.0. The van der Waals surface area contributed by atoms with Gasteiger partial charge >= 0.3 is 11.9 Å². The van der Waals surface area contributed by atoms with E-state index >= 15 is 0 Å². The first-order valence-corrected chi connectivity index (χ1v) is 10.4. The second-order valence-corrected chi connectivity index (χ2v) is 7.53.